The van der Waals surface area contributed by atoms with Gasteiger partial charge in [0.25, 0.3) is 0 Å². The lowest BCUT2D eigenvalue weighted by molar-refractivity contribution is -0.940. The van der Waals surface area contributed by atoms with Crippen molar-refractivity contribution in [2.45, 2.75) is 24.9 Å². The summed E-state index contributed by atoms with van der Waals surface area (Å²) in [5, 5.41) is 57.5. The smallest absolute Gasteiger partial charge is 0.102 e. The van der Waals surface area contributed by atoms with Crippen molar-refractivity contribution in [3.8, 4) is 0 Å². The molecule has 0 saturated heterocycles. The molecule has 0 bridgehead atoms. The van der Waals surface area contributed by atoms with Crippen molar-refractivity contribution >= 4 is 0 Å². The largest absolute Gasteiger partial charge is 0.395 e. The maximum absolute atomic E-state index is 9.70. The number of hydrogen-bond donors (Lipinski definition) is 6. The Hall–Kier alpha value is -0.400. The number of likely N-dealkylation sites (N-methyl/N-ethyl adjacent to an activating group) is 4. The minimum Gasteiger partial charge on any atom is -0.395 e. The van der Waals surface area contributed by atoms with Gasteiger partial charge in [0.05, 0.1) is 66.8 Å². The fourth-order valence-electron chi connectivity index (χ4n) is 4.70. The van der Waals surface area contributed by atoms with Crippen LogP contribution in [-0.2, 0) is 0 Å². The summed E-state index contributed by atoms with van der Waals surface area (Å²) in [5.74, 6) is 0. The second-order valence-corrected chi connectivity index (χ2v) is 9.60. The molecule has 10 heteroatoms. The minimum absolute atomic E-state index is 0.0299. The number of rotatable bonds is 21. The lowest BCUT2D eigenvalue weighted by atomic mass is 9.99. The molecule has 194 valence electrons. The maximum Gasteiger partial charge on any atom is 0.102 e. The predicted octanol–water partition coefficient (Wildman–Crippen LogP) is -2.79. The summed E-state index contributed by atoms with van der Waals surface area (Å²) in [6.45, 7) is 4.96. The molecule has 2 atom stereocenters. The molecule has 0 heterocycles. The van der Waals surface area contributed by atoms with Crippen LogP contribution in [-0.4, -0.2) is 182 Å². The van der Waals surface area contributed by atoms with Gasteiger partial charge >= 0.3 is 0 Å². The lowest BCUT2D eigenvalue weighted by Crippen LogP contribution is -2.61. The summed E-state index contributed by atoms with van der Waals surface area (Å²) < 4.78 is 1.07. The molecule has 0 aromatic heterocycles. The average molecular weight is 469 g/mol. The van der Waals surface area contributed by atoms with Crippen LogP contribution in [0.2, 0.25) is 0 Å². The van der Waals surface area contributed by atoms with Gasteiger partial charge in [-0.25, -0.2) is 0 Å². The first kappa shape index (κ1) is 31.6. The molecule has 32 heavy (non-hydrogen) atoms. The highest BCUT2D eigenvalue weighted by Gasteiger charge is 2.37. The number of hydrogen-bond acceptors (Lipinski definition) is 8. The van der Waals surface area contributed by atoms with E-state index in [0.717, 1.165) is 25.9 Å². The van der Waals surface area contributed by atoms with Gasteiger partial charge in [0.1, 0.15) is 38.3 Å². The van der Waals surface area contributed by atoms with Crippen molar-refractivity contribution in [3.63, 3.8) is 0 Å². The van der Waals surface area contributed by atoms with Crippen LogP contribution in [0.15, 0.2) is 0 Å². The van der Waals surface area contributed by atoms with Crippen molar-refractivity contribution in [1.82, 2.24) is 9.80 Å². The summed E-state index contributed by atoms with van der Waals surface area (Å²) in [7, 11) is 8.06. The Kier molecular flexibility index (Phi) is 16.9. The third-order valence-electron chi connectivity index (χ3n) is 7.05. The predicted molar refractivity (Wildman–Crippen MR) is 126 cm³/mol. The van der Waals surface area contributed by atoms with Gasteiger partial charge in [-0.1, -0.05) is 0 Å². The topological polar surface area (TPSA) is 128 Å². The Labute approximate surface area is 195 Å². The molecule has 6 N–H and O–H groups in total. The Morgan fingerprint density at radius 3 is 1.03 bits per heavy atom. The second kappa shape index (κ2) is 17.1. The zero-order chi connectivity index (χ0) is 24.6. The van der Waals surface area contributed by atoms with E-state index >= 15 is 0 Å². The Balaban J connectivity index is 5.78. The summed E-state index contributed by atoms with van der Waals surface area (Å²) >= 11 is 0. The second-order valence-electron chi connectivity index (χ2n) is 9.60. The molecule has 0 amide bonds. The molecule has 0 aliphatic heterocycles. The molecular formula is C22H52N4O6+2. The third-order valence-corrected chi connectivity index (χ3v) is 7.05. The van der Waals surface area contributed by atoms with E-state index in [0.29, 0.717) is 48.2 Å². The highest BCUT2D eigenvalue weighted by molar-refractivity contribution is 4.73. The van der Waals surface area contributed by atoms with Crippen LogP contribution in [0.25, 0.3) is 0 Å². The van der Waals surface area contributed by atoms with Crippen molar-refractivity contribution in [2.24, 2.45) is 0 Å². The van der Waals surface area contributed by atoms with Crippen LogP contribution in [0, 0.1) is 0 Å². The van der Waals surface area contributed by atoms with Crippen LogP contribution in [0.1, 0.15) is 12.8 Å². The van der Waals surface area contributed by atoms with E-state index in [1.165, 1.54) is 0 Å². The Morgan fingerprint density at radius 2 is 0.812 bits per heavy atom. The molecule has 0 aromatic rings. The minimum atomic E-state index is 0.0299. The first-order valence-corrected chi connectivity index (χ1v) is 11.9. The van der Waals surface area contributed by atoms with Crippen LogP contribution >= 0.6 is 0 Å². The van der Waals surface area contributed by atoms with Crippen LogP contribution in [0.4, 0.5) is 0 Å². The van der Waals surface area contributed by atoms with E-state index in [4.69, 9.17) is 0 Å². The molecule has 0 fully saturated rings. The van der Waals surface area contributed by atoms with E-state index < -0.39 is 0 Å². The maximum atomic E-state index is 9.70. The summed E-state index contributed by atoms with van der Waals surface area (Å²) in [6, 6.07) is 0.265. The molecule has 0 aliphatic rings. The van der Waals surface area contributed by atoms with Gasteiger partial charge in [-0.3, -0.25) is 9.80 Å². The lowest BCUT2D eigenvalue weighted by Gasteiger charge is -2.45. The van der Waals surface area contributed by atoms with Crippen molar-refractivity contribution in [2.75, 3.05) is 120 Å². The van der Waals surface area contributed by atoms with Crippen molar-refractivity contribution < 1.29 is 39.6 Å². The zero-order valence-electron chi connectivity index (χ0n) is 20.9. The van der Waals surface area contributed by atoms with Crippen molar-refractivity contribution in [1.29, 1.82) is 0 Å². The number of aliphatic hydroxyl groups excluding tert-OH is 6. The van der Waals surface area contributed by atoms with E-state index in [-0.39, 0.29) is 51.7 Å². The van der Waals surface area contributed by atoms with E-state index in [1.807, 2.05) is 14.1 Å². The normalized spacial score (nSPS) is 15.0. The molecule has 0 aromatic carbocycles. The van der Waals surface area contributed by atoms with Gasteiger partial charge in [0.2, 0.25) is 0 Å². The first-order chi connectivity index (χ1) is 15.2. The molecule has 0 saturated carbocycles. The zero-order valence-corrected chi connectivity index (χ0v) is 20.9. The third kappa shape index (κ3) is 11.1. The molecule has 0 spiro atoms. The van der Waals surface area contributed by atoms with Gasteiger partial charge in [-0.15, -0.1) is 0 Å². The molecular weight excluding hydrogens is 416 g/mol. The van der Waals surface area contributed by atoms with E-state index in [2.05, 4.69) is 23.9 Å². The summed E-state index contributed by atoms with van der Waals surface area (Å²) in [5.41, 5.74) is 0. The summed E-state index contributed by atoms with van der Waals surface area (Å²) in [4.78, 5) is 4.16. The monoisotopic (exact) mass is 468 g/mol. The Bertz CT molecular complexity index is 408. The number of nitrogens with zero attached hydrogens (tertiary/aromatic N) is 4. The first-order valence-electron chi connectivity index (χ1n) is 11.9. The molecule has 0 radical (unpaired) electrons. The van der Waals surface area contributed by atoms with Crippen LogP contribution in [0.3, 0.4) is 0 Å². The SMILES string of the molecule is CN(CCO)CC(CCC(CN(C)CCO)[N+](C)(CCO)CCO)[N+](C)(CCO)CCO. The highest BCUT2D eigenvalue weighted by atomic mass is 16.3. The van der Waals surface area contributed by atoms with Gasteiger partial charge in [0.15, 0.2) is 0 Å². The van der Waals surface area contributed by atoms with Crippen LogP contribution in [0.5, 0.6) is 0 Å². The molecule has 0 rings (SSSR count). The van der Waals surface area contributed by atoms with Gasteiger partial charge in [-0.05, 0) is 14.1 Å². The molecule has 2 unspecified atom stereocenters. The fraction of sp³-hybridized carbons (Fsp3) is 1.00. The Morgan fingerprint density at radius 1 is 0.531 bits per heavy atom. The number of quaternary nitrogens is 2. The summed E-state index contributed by atoms with van der Waals surface area (Å²) in [6.07, 6.45) is 1.66. The molecule has 0 aliphatic carbocycles. The number of aliphatic hydroxyl groups is 6. The quantitative estimate of drug-likeness (QED) is 0.0999. The van der Waals surface area contributed by atoms with Gasteiger partial charge in [0, 0.05) is 25.9 Å². The molecule has 10 nitrogen and oxygen atoms in total. The fourth-order valence-corrected chi connectivity index (χ4v) is 4.70. The van der Waals surface area contributed by atoms with Crippen LogP contribution < -0.4 is 0 Å². The van der Waals surface area contributed by atoms with Gasteiger partial charge < -0.3 is 39.6 Å². The standard InChI is InChI=1S/C22H52N4O6/c1-23(7-13-27)19-21(25(3,9-15-29)10-16-30)5-6-22(20-24(2)8-14-28)26(4,11-17-31)12-18-32/h21-22,27-32H,5-20H2,1-4H3/q+2. The average Bonchev–Trinajstić information content (AvgIpc) is 2.71. The van der Waals surface area contributed by atoms with Gasteiger partial charge in [-0.2, -0.15) is 0 Å². The van der Waals surface area contributed by atoms with E-state index in [9.17, 15) is 30.6 Å². The van der Waals surface area contributed by atoms with E-state index in [1.54, 1.807) is 0 Å². The highest BCUT2D eigenvalue weighted by Crippen LogP contribution is 2.23. The van der Waals surface area contributed by atoms with Crippen molar-refractivity contribution in [3.05, 3.63) is 0 Å².